The molecule has 7 nitrogen and oxygen atoms in total. The summed E-state index contributed by atoms with van der Waals surface area (Å²) in [4.78, 5) is 13.4. The number of nitrogen functional groups attached to an aromatic ring is 1. The molecule has 5 rings (SSSR count). The maximum absolute atomic E-state index is 5.68. The van der Waals surface area contributed by atoms with Crippen molar-refractivity contribution in [1.29, 1.82) is 0 Å². The van der Waals surface area contributed by atoms with E-state index in [-0.39, 0.29) is 6.04 Å². The van der Waals surface area contributed by atoms with Crippen molar-refractivity contribution >= 4 is 5.82 Å². The quantitative estimate of drug-likeness (QED) is 0.846. The molecule has 2 aromatic rings. The zero-order valence-electron chi connectivity index (χ0n) is 11.1. The standard InChI is InChI=1S/C13H16N6O/c14-11-7-9(1-2-15-11)13-16-12(17-20-13)10-8-18-3-5-19(10)6-4-18/h1-2,7,10H,3-6,8H2,(H2,14,15). The van der Waals surface area contributed by atoms with Gasteiger partial charge in [0.25, 0.3) is 5.89 Å². The molecule has 3 saturated heterocycles. The van der Waals surface area contributed by atoms with Gasteiger partial charge in [-0.3, -0.25) is 9.80 Å². The Labute approximate surface area is 116 Å². The first kappa shape index (κ1) is 11.8. The second-order valence-electron chi connectivity index (χ2n) is 5.28. The van der Waals surface area contributed by atoms with Crippen molar-refractivity contribution in [3.63, 3.8) is 0 Å². The fourth-order valence-corrected chi connectivity index (χ4v) is 2.93. The lowest BCUT2D eigenvalue weighted by molar-refractivity contribution is 0.00781. The van der Waals surface area contributed by atoms with Gasteiger partial charge in [-0.05, 0) is 12.1 Å². The zero-order chi connectivity index (χ0) is 13.5. The Hall–Kier alpha value is -1.99. The Balaban J connectivity index is 1.62. The maximum atomic E-state index is 5.68. The number of fused-ring (bicyclic) bond motifs is 3. The zero-order valence-corrected chi connectivity index (χ0v) is 11.1. The van der Waals surface area contributed by atoms with Gasteiger partial charge in [-0.2, -0.15) is 4.98 Å². The number of hydrogen-bond donors (Lipinski definition) is 1. The van der Waals surface area contributed by atoms with Gasteiger partial charge in [-0.15, -0.1) is 0 Å². The molecule has 0 saturated carbocycles. The van der Waals surface area contributed by atoms with Crippen LogP contribution < -0.4 is 5.73 Å². The van der Waals surface area contributed by atoms with Crippen LogP contribution in [0.5, 0.6) is 0 Å². The smallest absolute Gasteiger partial charge is 0.258 e. The third kappa shape index (κ3) is 1.95. The van der Waals surface area contributed by atoms with E-state index in [1.807, 2.05) is 6.07 Å². The number of nitrogens with two attached hydrogens (primary N) is 1. The van der Waals surface area contributed by atoms with Gasteiger partial charge < -0.3 is 10.3 Å². The van der Waals surface area contributed by atoms with Crippen molar-refractivity contribution in [1.82, 2.24) is 24.9 Å². The number of pyridine rings is 1. The van der Waals surface area contributed by atoms with Crippen LogP contribution in [0.3, 0.4) is 0 Å². The minimum absolute atomic E-state index is 0.245. The number of nitrogens with zero attached hydrogens (tertiary/aromatic N) is 5. The van der Waals surface area contributed by atoms with Crippen LogP contribution in [0.15, 0.2) is 22.9 Å². The fourth-order valence-electron chi connectivity index (χ4n) is 2.93. The molecule has 3 fully saturated rings. The van der Waals surface area contributed by atoms with Gasteiger partial charge in [0.15, 0.2) is 5.82 Å². The lowest BCUT2D eigenvalue weighted by atomic mass is 10.1. The molecular formula is C13H16N6O. The molecule has 0 aliphatic carbocycles. The molecular weight excluding hydrogens is 256 g/mol. The first-order valence-corrected chi connectivity index (χ1v) is 6.81. The molecule has 1 unspecified atom stereocenters. The van der Waals surface area contributed by atoms with Crippen molar-refractivity contribution in [2.45, 2.75) is 6.04 Å². The average Bonchev–Trinajstić information content (AvgIpc) is 2.98. The van der Waals surface area contributed by atoms with E-state index >= 15 is 0 Å². The Kier molecular flexibility index (Phi) is 2.68. The highest BCUT2D eigenvalue weighted by Gasteiger charge is 2.35. The topological polar surface area (TPSA) is 84.3 Å². The van der Waals surface area contributed by atoms with Crippen molar-refractivity contribution in [3.05, 3.63) is 24.2 Å². The van der Waals surface area contributed by atoms with Gasteiger partial charge in [0.1, 0.15) is 5.82 Å². The number of piperazine rings is 3. The van der Waals surface area contributed by atoms with Crippen LogP contribution >= 0.6 is 0 Å². The fraction of sp³-hybridized carbons (Fsp3) is 0.462. The van der Waals surface area contributed by atoms with E-state index in [4.69, 9.17) is 10.3 Å². The second kappa shape index (κ2) is 4.53. The van der Waals surface area contributed by atoms with Crippen molar-refractivity contribution in [2.24, 2.45) is 0 Å². The third-order valence-corrected chi connectivity index (χ3v) is 4.05. The summed E-state index contributed by atoms with van der Waals surface area (Å²) in [6.07, 6.45) is 1.65. The molecule has 5 heterocycles. The average molecular weight is 272 g/mol. The summed E-state index contributed by atoms with van der Waals surface area (Å²) < 4.78 is 5.38. The number of rotatable bonds is 2. The van der Waals surface area contributed by atoms with E-state index in [1.54, 1.807) is 12.3 Å². The summed E-state index contributed by atoms with van der Waals surface area (Å²) in [6.45, 7) is 5.43. The van der Waals surface area contributed by atoms with Gasteiger partial charge in [0.05, 0.1) is 6.04 Å². The van der Waals surface area contributed by atoms with E-state index in [9.17, 15) is 0 Å². The van der Waals surface area contributed by atoms with Crippen molar-refractivity contribution in [2.75, 3.05) is 38.5 Å². The van der Waals surface area contributed by atoms with Gasteiger partial charge in [-0.1, -0.05) is 5.16 Å². The Morgan fingerprint density at radius 3 is 2.80 bits per heavy atom. The largest absolute Gasteiger partial charge is 0.384 e. The first-order chi connectivity index (χ1) is 9.79. The SMILES string of the molecule is Nc1cc(-c2nc(C3CN4CCN3CC4)no2)ccn1. The molecule has 104 valence electrons. The van der Waals surface area contributed by atoms with Crippen LogP contribution in [0, 0.1) is 0 Å². The van der Waals surface area contributed by atoms with Crippen LogP contribution in [0.4, 0.5) is 5.82 Å². The van der Waals surface area contributed by atoms with Crippen LogP contribution in [0.2, 0.25) is 0 Å². The predicted octanol–water partition coefficient (Wildman–Crippen LogP) is 0.386. The summed E-state index contributed by atoms with van der Waals surface area (Å²) >= 11 is 0. The van der Waals surface area contributed by atoms with Crippen molar-refractivity contribution < 1.29 is 4.52 Å². The predicted molar refractivity (Wildman–Crippen MR) is 72.7 cm³/mol. The maximum Gasteiger partial charge on any atom is 0.258 e. The minimum Gasteiger partial charge on any atom is -0.384 e. The van der Waals surface area contributed by atoms with Crippen LogP contribution in [-0.4, -0.2) is 57.6 Å². The van der Waals surface area contributed by atoms with Crippen LogP contribution in [0.1, 0.15) is 11.9 Å². The monoisotopic (exact) mass is 272 g/mol. The second-order valence-corrected chi connectivity index (χ2v) is 5.28. The normalized spacial score (nSPS) is 28.7. The van der Waals surface area contributed by atoms with Gasteiger partial charge in [0, 0.05) is 44.5 Å². The van der Waals surface area contributed by atoms with Gasteiger partial charge in [0.2, 0.25) is 0 Å². The summed E-state index contributed by atoms with van der Waals surface area (Å²) in [5.74, 6) is 1.72. The third-order valence-electron chi connectivity index (χ3n) is 4.05. The van der Waals surface area contributed by atoms with E-state index in [0.29, 0.717) is 11.7 Å². The molecule has 0 aromatic carbocycles. The summed E-state index contributed by atoms with van der Waals surface area (Å²) in [5, 5.41) is 4.15. The molecule has 2 N–H and O–H groups in total. The van der Waals surface area contributed by atoms with E-state index < -0.39 is 0 Å². The lowest BCUT2D eigenvalue weighted by Gasteiger charge is -2.46. The summed E-state index contributed by atoms with van der Waals surface area (Å²) in [7, 11) is 0. The molecule has 0 spiro atoms. The van der Waals surface area contributed by atoms with E-state index in [0.717, 1.165) is 44.1 Å². The lowest BCUT2D eigenvalue weighted by Crippen LogP contribution is -2.57. The Morgan fingerprint density at radius 1 is 1.25 bits per heavy atom. The van der Waals surface area contributed by atoms with Crippen LogP contribution in [-0.2, 0) is 0 Å². The summed E-state index contributed by atoms with van der Waals surface area (Å²) in [5.41, 5.74) is 6.49. The molecule has 0 amide bonds. The van der Waals surface area contributed by atoms with Crippen LogP contribution in [0.25, 0.3) is 11.5 Å². The molecule has 1 atom stereocenters. The molecule has 3 aliphatic heterocycles. The van der Waals surface area contributed by atoms with E-state index in [1.165, 1.54) is 0 Å². The molecule has 7 heteroatoms. The Bertz CT molecular complexity index is 619. The number of hydrogen-bond acceptors (Lipinski definition) is 7. The highest BCUT2D eigenvalue weighted by atomic mass is 16.5. The van der Waals surface area contributed by atoms with Gasteiger partial charge >= 0.3 is 0 Å². The first-order valence-electron chi connectivity index (χ1n) is 6.81. The highest BCUT2D eigenvalue weighted by molar-refractivity contribution is 5.56. The van der Waals surface area contributed by atoms with Gasteiger partial charge in [-0.25, -0.2) is 4.98 Å². The minimum atomic E-state index is 0.245. The van der Waals surface area contributed by atoms with Crippen molar-refractivity contribution in [3.8, 4) is 11.5 Å². The highest BCUT2D eigenvalue weighted by Crippen LogP contribution is 2.28. The molecule has 2 aromatic heterocycles. The molecule has 20 heavy (non-hydrogen) atoms. The number of anilines is 1. The Morgan fingerprint density at radius 2 is 2.10 bits per heavy atom. The molecule has 2 bridgehead atoms. The van der Waals surface area contributed by atoms with E-state index in [2.05, 4.69) is 24.9 Å². The molecule has 3 aliphatic rings. The summed E-state index contributed by atoms with van der Waals surface area (Å²) in [6, 6.07) is 3.81. The number of aromatic nitrogens is 3. The molecule has 0 radical (unpaired) electrons.